The second-order valence-corrected chi connectivity index (χ2v) is 5.75. The molecule has 8 heteroatoms. The maximum absolute atomic E-state index is 12.4. The van der Waals surface area contributed by atoms with Crippen LogP contribution in [0.1, 0.15) is 18.5 Å². The van der Waals surface area contributed by atoms with Gasteiger partial charge in [-0.2, -0.15) is 0 Å². The molecule has 1 fully saturated rings. The Balaban J connectivity index is 2.45. The first-order valence-electron chi connectivity index (χ1n) is 8.20. The second-order valence-electron chi connectivity index (χ2n) is 5.75. The summed E-state index contributed by atoms with van der Waals surface area (Å²) in [6, 6.07) is 5.35. The highest BCUT2D eigenvalue weighted by molar-refractivity contribution is 5.91. The van der Waals surface area contributed by atoms with Crippen LogP contribution < -0.4 is 10.1 Å². The van der Waals surface area contributed by atoms with Crippen molar-refractivity contribution < 1.29 is 33.3 Å². The first-order chi connectivity index (χ1) is 12.5. The fraction of sp³-hybridized carbons (Fsp3) is 0.500. The van der Waals surface area contributed by atoms with Gasteiger partial charge in [0.15, 0.2) is 0 Å². The normalized spacial score (nSPS) is 24.6. The van der Waals surface area contributed by atoms with Crippen LogP contribution in [0, 0.1) is 11.8 Å². The Hall–Kier alpha value is -2.61. The molecule has 1 aliphatic rings. The van der Waals surface area contributed by atoms with Gasteiger partial charge in [-0.05, 0) is 24.6 Å². The lowest BCUT2D eigenvalue weighted by Gasteiger charge is -2.21. The molecule has 142 valence electrons. The van der Waals surface area contributed by atoms with Crippen LogP contribution in [0.2, 0.25) is 0 Å². The third-order valence-electron chi connectivity index (χ3n) is 4.43. The zero-order valence-electron chi connectivity index (χ0n) is 15.2. The van der Waals surface area contributed by atoms with Crippen molar-refractivity contribution in [3.8, 4) is 5.75 Å². The van der Waals surface area contributed by atoms with E-state index in [4.69, 9.17) is 18.9 Å². The number of hydrogen-bond donors (Lipinski definition) is 1. The van der Waals surface area contributed by atoms with Crippen LogP contribution >= 0.6 is 0 Å². The summed E-state index contributed by atoms with van der Waals surface area (Å²) in [5, 5.41) is 3.04. The largest absolute Gasteiger partial charge is 0.497 e. The van der Waals surface area contributed by atoms with Crippen LogP contribution in [0.5, 0.6) is 5.75 Å². The van der Waals surface area contributed by atoms with Gasteiger partial charge in [0.05, 0.1) is 39.8 Å². The summed E-state index contributed by atoms with van der Waals surface area (Å²) in [4.78, 5) is 37.1. The van der Waals surface area contributed by atoms with Crippen molar-refractivity contribution >= 4 is 17.9 Å². The van der Waals surface area contributed by atoms with Crippen LogP contribution in [-0.4, -0.2) is 51.9 Å². The van der Waals surface area contributed by atoms with E-state index in [-0.39, 0.29) is 6.61 Å². The number of carbonyl (C=O) groups excluding carboxylic acids is 3. The van der Waals surface area contributed by atoms with Gasteiger partial charge in [0.2, 0.25) is 0 Å². The van der Waals surface area contributed by atoms with Crippen LogP contribution in [0.3, 0.4) is 0 Å². The van der Waals surface area contributed by atoms with Crippen molar-refractivity contribution in [3.63, 3.8) is 0 Å². The molecule has 1 aliphatic heterocycles. The Morgan fingerprint density at radius 1 is 0.923 bits per heavy atom. The molecule has 0 aliphatic carbocycles. The predicted octanol–water partition coefficient (Wildman–Crippen LogP) is 0.850. The minimum Gasteiger partial charge on any atom is -0.497 e. The number of rotatable bonds is 6. The molecule has 2 rings (SSSR count). The third kappa shape index (κ3) is 3.80. The van der Waals surface area contributed by atoms with Gasteiger partial charge in [0, 0.05) is 6.04 Å². The average Bonchev–Trinajstić information content (AvgIpc) is 3.07. The van der Waals surface area contributed by atoms with Crippen LogP contribution in [0.15, 0.2) is 24.3 Å². The molecule has 0 bridgehead atoms. The van der Waals surface area contributed by atoms with Crippen molar-refractivity contribution in [2.75, 3.05) is 27.9 Å². The van der Waals surface area contributed by atoms with E-state index in [2.05, 4.69) is 5.32 Å². The molecule has 0 aromatic heterocycles. The van der Waals surface area contributed by atoms with E-state index in [0.29, 0.717) is 11.3 Å². The molecule has 0 saturated carbocycles. The van der Waals surface area contributed by atoms with Gasteiger partial charge in [-0.15, -0.1) is 0 Å². The molecule has 0 spiro atoms. The lowest BCUT2D eigenvalue weighted by Crippen LogP contribution is -2.42. The number of benzene rings is 1. The van der Waals surface area contributed by atoms with Crippen molar-refractivity contribution in [3.05, 3.63) is 29.8 Å². The summed E-state index contributed by atoms with van der Waals surface area (Å²) < 4.78 is 19.9. The van der Waals surface area contributed by atoms with Crippen molar-refractivity contribution in [2.24, 2.45) is 11.8 Å². The maximum atomic E-state index is 12.4. The summed E-state index contributed by atoms with van der Waals surface area (Å²) in [7, 11) is 3.99. The monoisotopic (exact) mass is 365 g/mol. The number of ether oxygens (including phenoxy) is 4. The Kier molecular flexibility index (Phi) is 6.57. The number of esters is 3. The highest BCUT2D eigenvalue weighted by Gasteiger charge is 2.55. The molecule has 0 amide bonds. The molecule has 8 nitrogen and oxygen atoms in total. The fourth-order valence-electron chi connectivity index (χ4n) is 3.21. The number of methoxy groups -OCH3 is 3. The Morgan fingerprint density at radius 2 is 1.50 bits per heavy atom. The lowest BCUT2D eigenvalue weighted by molar-refractivity contribution is -0.160. The molecule has 26 heavy (non-hydrogen) atoms. The lowest BCUT2D eigenvalue weighted by atomic mass is 9.84. The molecule has 1 aromatic carbocycles. The number of hydrogen-bond acceptors (Lipinski definition) is 8. The highest BCUT2D eigenvalue weighted by atomic mass is 16.5. The van der Waals surface area contributed by atoms with Crippen molar-refractivity contribution in [1.82, 2.24) is 5.32 Å². The van der Waals surface area contributed by atoms with Crippen LogP contribution in [0.25, 0.3) is 0 Å². The average molecular weight is 365 g/mol. The summed E-state index contributed by atoms with van der Waals surface area (Å²) in [6.45, 7) is 1.82. The standard InChI is InChI=1S/C18H23NO7/c1-5-26-18(22)15-13(17(21)25-4)12(16(20)24-3)14(19-15)10-6-8-11(23-2)9-7-10/h6-9,12-15,19H,5H2,1-4H3/t12-,13+,14-,15-/m1/s1. The summed E-state index contributed by atoms with van der Waals surface area (Å²) in [5.41, 5.74) is 0.710. The third-order valence-corrected chi connectivity index (χ3v) is 4.43. The summed E-state index contributed by atoms with van der Waals surface area (Å²) >= 11 is 0. The molecule has 0 unspecified atom stereocenters. The van der Waals surface area contributed by atoms with Gasteiger partial charge < -0.3 is 18.9 Å². The molecule has 1 saturated heterocycles. The van der Waals surface area contributed by atoms with E-state index < -0.39 is 41.8 Å². The van der Waals surface area contributed by atoms with E-state index in [1.165, 1.54) is 14.2 Å². The van der Waals surface area contributed by atoms with Gasteiger partial charge >= 0.3 is 17.9 Å². The van der Waals surface area contributed by atoms with Gasteiger partial charge in [0.25, 0.3) is 0 Å². The molecule has 4 atom stereocenters. The van der Waals surface area contributed by atoms with Crippen molar-refractivity contribution in [2.45, 2.75) is 19.0 Å². The van der Waals surface area contributed by atoms with E-state index in [1.807, 2.05) is 0 Å². The summed E-state index contributed by atoms with van der Waals surface area (Å²) in [5.74, 6) is -3.25. The van der Waals surface area contributed by atoms with E-state index in [0.717, 1.165) is 0 Å². The zero-order valence-corrected chi connectivity index (χ0v) is 15.2. The highest BCUT2D eigenvalue weighted by Crippen LogP contribution is 2.39. The molecule has 1 N–H and O–H groups in total. The number of carbonyl (C=O) groups is 3. The first kappa shape index (κ1) is 19.7. The SMILES string of the molecule is CCOC(=O)[C@@H]1N[C@H](c2ccc(OC)cc2)[C@H](C(=O)OC)[C@@H]1C(=O)OC. The quantitative estimate of drug-likeness (QED) is 0.585. The minimum absolute atomic E-state index is 0.154. The van der Waals surface area contributed by atoms with Gasteiger partial charge in [-0.25, -0.2) is 0 Å². The van der Waals surface area contributed by atoms with Gasteiger partial charge in [0.1, 0.15) is 11.8 Å². The zero-order chi connectivity index (χ0) is 19.3. The number of nitrogens with one attached hydrogen (secondary N) is 1. The molecular weight excluding hydrogens is 342 g/mol. The first-order valence-corrected chi connectivity index (χ1v) is 8.20. The van der Waals surface area contributed by atoms with E-state index in [1.54, 1.807) is 38.3 Å². The molecule has 1 aromatic rings. The molecule has 1 heterocycles. The minimum atomic E-state index is -1.06. The fourth-order valence-corrected chi connectivity index (χ4v) is 3.21. The molecule has 0 radical (unpaired) electrons. The van der Waals surface area contributed by atoms with E-state index >= 15 is 0 Å². The van der Waals surface area contributed by atoms with Crippen LogP contribution in [-0.2, 0) is 28.6 Å². The predicted molar refractivity (Wildman–Crippen MR) is 90.3 cm³/mol. The van der Waals surface area contributed by atoms with Gasteiger partial charge in [-0.1, -0.05) is 12.1 Å². The van der Waals surface area contributed by atoms with Crippen LogP contribution in [0.4, 0.5) is 0 Å². The Labute approximate surface area is 151 Å². The molecular formula is C18H23NO7. The van der Waals surface area contributed by atoms with E-state index in [9.17, 15) is 14.4 Å². The van der Waals surface area contributed by atoms with Crippen molar-refractivity contribution in [1.29, 1.82) is 0 Å². The second kappa shape index (κ2) is 8.66. The smallest absolute Gasteiger partial charge is 0.324 e. The Bertz CT molecular complexity index is 658. The summed E-state index contributed by atoms with van der Waals surface area (Å²) in [6.07, 6.45) is 0. The van der Waals surface area contributed by atoms with Gasteiger partial charge in [-0.3, -0.25) is 19.7 Å². The Morgan fingerprint density at radius 3 is 2.00 bits per heavy atom. The maximum Gasteiger partial charge on any atom is 0.324 e. The topological polar surface area (TPSA) is 100 Å².